The van der Waals surface area contributed by atoms with Crippen molar-refractivity contribution in [2.75, 3.05) is 0 Å². The molecule has 0 aromatic heterocycles. The molecule has 0 fully saturated rings. The highest BCUT2D eigenvalue weighted by Crippen LogP contribution is 2.30. The van der Waals surface area contributed by atoms with Crippen LogP contribution in [0.3, 0.4) is 0 Å². The van der Waals surface area contributed by atoms with Crippen molar-refractivity contribution in [1.82, 2.24) is 0 Å². The van der Waals surface area contributed by atoms with Crippen LogP contribution in [-0.2, 0) is 0 Å². The van der Waals surface area contributed by atoms with E-state index in [0.717, 1.165) is 0 Å². The number of hydrogen-bond donors (Lipinski definition) is 0. The first-order chi connectivity index (χ1) is 7.59. The standard InChI is InChI=1S/C14H12I2/c1-9-4-3-5-11(8-9)12-6-7-13(15)10(2)14(12)16/h3-8H,1-2H3. The molecule has 0 heterocycles. The Hall–Kier alpha value is -0.100. The molecule has 0 nitrogen and oxygen atoms in total. The Morgan fingerprint density at radius 1 is 0.938 bits per heavy atom. The monoisotopic (exact) mass is 434 g/mol. The molecule has 0 radical (unpaired) electrons. The Morgan fingerprint density at radius 3 is 2.38 bits per heavy atom. The zero-order valence-electron chi connectivity index (χ0n) is 9.22. The quantitative estimate of drug-likeness (QED) is 0.543. The summed E-state index contributed by atoms with van der Waals surface area (Å²) in [7, 11) is 0. The van der Waals surface area contributed by atoms with Gasteiger partial charge in [0.2, 0.25) is 0 Å². The summed E-state index contributed by atoms with van der Waals surface area (Å²) in [6, 6.07) is 13.1. The maximum atomic E-state index is 2.44. The average Bonchev–Trinajstić information content (AvgIpc) is 2.26. The van der Waals surface area contributed by atoms with E-state index in [1.54, 1.807) is 0 Å². The molecule has 0 bridgehead atoms. The fourth-order valence-electron chi connectivity index (χ4n) is 1.70. The first kappa shape index (κ1) is 12.4. The minimum absolute atomic E-state index is 1.31. The summed E-state index contributed by atoms with van der Waals surface area (Å²) < 4.78 is 2.69. The van der Waals surface area contributed by atoms with Gasteiger partial charge in [-0.2, -0.15) is 0 Å². The Kier molecular flexibility index (Phi) is 3.89. The molecule has 0 saturated carbocycles. The van der Waals surface area contributed by atoms with Gasteiger partial charge in [-0.05, 0) is 81.8 Å². The number of hydrogen-bond acceptors (Lipinski definition) is 0. The van der Waals surface area contributed by atoms with Crippen molar-refractivity contribution in [2.45, 2.75) is 13.8 Å². The SMILES string of the molecule is Cc1cccc(-c2ccc(I)c(C)c2I)c1. The van der Waals surface area contributed by atoms with Crippen LogP contribution in [0.15, 0.2) is 36.4 Å². The van der Waals surface area contributed by atoms with Crippen LogP contribution in [0.4, 0.5) is 0 Å². The maximum Gasteiger partial charge on any atom is 0.0248 e. The molecule has 2 aromatic rings. The van der Waals surface area contributed by atoms with Gasteiger partial charge < -0.3 is 0 Å². The normalized spacial score (nSPS) is 10.5. The zero-order chi connectivity index (χ0) is 11.7. The van der Waals surface area contributed by atoms with Gasteiger partial charge in [-0.3, -0.25) is 0 Å². The summed E-state index contributed by atoms with van der Waals surface area (Å²) in [5.74, 6) is 0. The van der Waals surface area contributed by atoms with E-state index in [1.165, 1.54) is 29.4 Å². The van der Waals surface area contributed by atoms with Gasteiger partial charge in [0, 0.05) is 7.14 Å². The van der Waals surface area contributed by atoms with Gasteiger partial charge in [0.1, 0.15) is 0 Å². The lowest BCUT2D eigenvalue weighted by atomic mass is 10.0. The average molecular weight is 434 g/mol. The van der Waals surface area contributed by atoms with E-state index in [0.29, 0.717) is 0 Å². The lowest BCUT2D eigenvalue weighted by Crippen LogP contribution is -1.90. The van der Waals surface area contributed by atoms with Crippen LogP contribution in [0.25, 0.3) is 11.1 Å². The first-order valence-electron chi connectivity index (χ1n) is 5.11. The van der Waals surface area contributed by atoms with E-state index in [9.17, 15) is 0 Å². The molecule has 0 spiro atoms. The molecule has 16 heavy (non-hydrogen) atoms. The Balaban J connectivity index is 2.61. The van der Waals surface area contributed by atoms with Gasteiger partial charge in [0.05, 0.1) is 0 Å². The van der Waals surface area contributed by atoms with Gasteiger partial charge in [-0.1, -0.05) is 35.9 Å². The van der Waals surface area contributed by atoms with E-state index in [1.807, 2.05) is 0 Å². The zero-order valence-corrected chi connectivity index (χ0v) is 13.5. The first-order valence-corrected chi connectivity index (χ1v) is 7.27. The van der Waals surface area contributed by atoms with Crippen LogP contribution in [0.1, 0.15) is 11.1 Å². The maximum absolute atomic E-state index is 2.44. The second kappa shape index (κ2) is 5.04. The molecule has 0 N–H and O–H groups in total. The van der Waals surface area contributed by atoms with E-state index >= 15 is 0 Å². The lowest BCUT2D eigenvalue weighted by molar-refractivity contribution is 1.38. The minimum Gasteiger partial charge on any atom is -0.0614 e. The van der Waals surface area contributed by atoms with Crippen molar-refractivity contribution >= 4 is 45.2 Å². The highest BCUT2D eigenvalue weighted by molar-refractivity contribution is 14.1. The Morgan fingerprint density at radius 2 is 1.69 bits per heavy atom. The van der Waals surface area contributed by atoms with E-state index in [4.69, 9.17) is 0 Å². The molecule has 0 aliphatic heterocycles. The predicted molar refractivity (Wildman–Crippen MR) is 86.8 cm³/mol. The lowest BCUT2D eigenvalue weighted by Gasteiger charge is -2.09. The molecule has 0 atom stereocenters. The van der Waals surface area contributed by atoms with Crippen LogP contribution in [0, 0.1) is 21.0 Å². The van der Waals surface area contributed by atoms with Crippen molar-refractivity contribution in [2.24, 2.45) is 0 Å². The fourth-order valence-corrected chi connectivity index (χ4v) is 3.44. The highest BCUT2D eigenvalue weighted by atomic mass is 127. The summed E-state index contributed by atoms with van der Waals surface area (Å²) in [6.45, 7) is 4.32. The fraction of sp³-hybridized carbons (Fsp3) is 0.143. The number of benzene rings is 2. The van der Waals surface area contributed by atoms with Crippen molar-refractivity contribution in [3.05, 3.63) is 54.7 Å². The summed E-state index contributed by atoms with van der Waals surface area (Å²) in [5.41, 5.74) is 5.33. The molecular formula is C14H12I2. The van der Waals surface area contributed by atoms with Crippen molar-refractivity contribution in [1.29, 1.82) is 0 Å². The van der Waals surface area contributed by atoms with Gasteiger partial charge in [-0.15, -0.1) is 0 Å². The molecule has 0 unspecified atom stereocenters. The van der Waals surface area contributed by atoms with Crippen LogP contribution in [-0.4, -0.2) is 0 Å². The number of rotatable bonds is 1. The smallest absolute Gasteiger partial charge is 0.0248 e. The molecule has 0 aliphatic carbocycles. The molecule has 82 valence electrons. The molecule has 0 amide bonds. The second-order valence-corrected chi connectivity index (χ2v) is 6.14. The molecule has 0 aliphatic rings. The minimum atomic E-state index is 1.31. The third-order valence-electron chi connectivity index (χ3n) is 2.65. The largest absolute Gasteiger partial charge is 0.0614 e. The molecular weight excluding hydrogens is 422 g/mol. The van der Waals surface area contributed by atoms with Crippen LogP contribution < -0.4 is 0 Å². The Bertz CT molecular complexity index is 530. The van der Waals surface area contributed by atoms with Gasteiger partial charge >= 0.3 is 0 Å². The summed E-state index contributed by atoms with van der Waals surface area (Å²) in [4.78, 5) is 0. The van der Waals surface area contributed by atoms with Crippen LogP contribution in [0.5, 0.6) is 0 Å². The molecule has 2 aromatic carbocycles. The van der Waals surface area contributed by atoms with E-state index in [2.05, 4.69) is 95.4 Å². The van der Waals surface area contributed by atoms with Crippen LogP contribution >= 0.6 is 45.2 Å². The third kappa shape index (κ3) is 2.42. The van der Waals surface area contributed by atoms with E-state index in [-0.39, 0.29) is 0 Å². The van der Waals surface area contributed by atoms with Gasteiger partial charge in [0.25, 0.3) is 0 Å². The molecule has 2 rings (SSSR count). The summed E-state index contributed by atoms with van der Waals surface area (Å²) in [5, 5.41) is 0. The van der Waals surface area contributed by atoms with Crippen molar-refractivity contribution in [3.63, 3.8) is 0 Å². The number of halogens is 2. The van der Waals surface area contributed by atoms with Crippen LogP contribution in [0.2, 0.25) is 0 Å². The topological polar surface area (TPSA) is 0 Å². The summed E-state index contributed by atoms with van der Waals surface area (Å²) >= 11 is 4.83. The van der Waals surface area contributed by atoms with Crippen molar-refractivity contribution in [3.8, 4) is 11.1 Å². The molecule has 2 heteroatoms. The van der Waals surface area contributed by atoms with Gasteiger partial charge in [0.15, 0.2) is 0 Å². The second-order valence-electron chi connectivity index (χ2n) is 3.90. The third-order valence-corrected chi connectivity index (χ3v) is 5.21. The predicted octanol–water partition coefficient (Wildman–Crippen LogP) is 5.18. The highest BCUT2D eigenvalue weighted by Gasteiger charge is 2.07. The van der Waals surface area contributed by atoms with Crippen molar-refractivity contribution < 1.29 is 0 Å². The summed E-state index contributed by atoms with van der Waals surface area (Å²) in [6.07, 6.45) is 0. The van der Waals surface area contributed by atoms with Gasteiger partial charge in [-0.25, -0.2) is 0 Å². The molecule has 0 saturated heterocycles. The number of aryl methyl sites for hydroxylation is 1. The van der Waals surface area contributed by atoms with E-state index < -0.39 is 0 Å². The Labute approximate surface area is 124 Å².